The van der Waals surface area contributed by atoms with Crippen LogP contribution in [0.5, 0.6) is 0 Å². The highest BCUT2D eigenvalue weighted by Gasteiger charge is 2.38. The van der Waals surface area contributed by atoms with Crippen LogP contribution in [0.15, 0.2) is 79.0 Å². The molecule has 0 fully saturated rings. The molecule has 1 aromatic heterocycles. The zero-order valence-corrected chi connectivity index (χ0v) is 19.1. The molecule has 3 aromatic carbocycles. The minimum atomic E-state index is -5.03. The van der Waals surface area contributed by atoms with Crippen LogP contribution in [0.25, 0.3) is 10.8 Å². The van der Waals surface area contributed by atoms with Gasteiger partial charge < -0.3 is 10.2 Å². The highest BCUT2D eigenvalue weighted by Crippen LogP contribution is 2.40. The van der Waals surface area contributed by atoms with Crippen molar-refractivity contribution in [3.63, 3.8) is 0 Å². The monoisotopic (exact) mass is 515 g/mol. The van der Waals surface area contributed by atoms with Gasteiger partial charge in [-0.2, -0.15) is 26.3 Å². The molecule has 37 heavy (non-hydrogen) atoms. The molecule has 1 N–H and O–H groups in total. The van der Waals surface area contributed by atoms with E-state index in [1.165, 1.54) is 4.90 Å². The molecule has 0 bridgehead atoms. The van der Waals surface area contributed by atoms with Crippen molar-refractivity contribution in [3.05, 3.63) is 107 Å². The summed E-state index contributed by atoms with van der Waals surface area (Å²) in [6.07, 6.45) is -7.99. The molecule has 1 aliphatic rings. The SMILES string of the molecule is O=C(Nc1cc(C(F)(F)F)cc(C(F)(F)F)c1)N1CCc2ccccc2C1c1nccc2ccccc12. The van der Waals surface area contributed by atoms with Gasteiger partial charge in [0.25, 0.3) is 0 Å². The lowest BCUT2D eigenvalue weighted by molar-refractivity contribution is -0.143. The van der Waals surface area contributed by atoms with E-state index in [4.69, 9.17) is 0 Å². The number of nitrogens with zero attached hydrogens (tertiary/aromatic N) is 2. The Morgan fingerprint density at radius 2 is 1.51 bits per heavy atom. The fourth-order valence-corrected chi connectivity index (χ4v) is 4.66. The van der Waals surface area contributed by atoms with Crippen LogP contribution in [0, 0.1) is 0 Å². The Morgan fingerprint density at radius 1 is 0.865 bits per heavy atom. The van der Waals surface area contributed by atoms with Crippen LogP contribution in [-0.2, 0) is 18.8 Å². The van der Waals surface area contributed by atoms with Crippen molar-refractivity contribution in [3.8, 4) is 0 Å². The number of aromatic nitrogens is 1. The second kappa shape index (κ2) is 9.10. The van der Waals surface area contributed by atoms with Crippen molar-refractivity contribution in [2.45, 2.75) is 24.8 Å². The molecular weight excluding hydrogens is 496 g/mol. The van der Waals surface area contributed by atoms with Gasteiger partial charge in [-0.1, -0.05) is 48.5 Å². The van der Waals surface area contributed by atoms with Gasteiger partial charge in [-0.3, -0.25) is 4.98 Å². The molecule has 2 amide bonds. The minimum absolute atomic E-state index is 0.0234. The van der Waals surface area contributed by atoms with Crippen molar-refractivity contribution in [1.82, 2.24) is 9.88 Å². The normalized spacial score (nSPS) is 15.9. The molecule has 1 unspecified atom stereocenters. The van der Waals surface area contributed by atoms with E-state index in [0.717, 1.165) is 21.9 Å². The van der Waals surface area contributed by atoms with Gasteiger partial charge >= 0.3 is 18.4 Å². The van der Waals surface area contributed by atoms with Gasteiger partial charge in [-0.05, 0) is 47.2 Å². The molecule has 5 rings (SSSR count). The average Bonchev–Trinajstić information content (AvgIpc) is 2.86. The third-order valence-electron chi connectivity index (χ3n) is 6.35. The molecule has 0 aliphatic carbocycles. The molecule has 4 aromatic rings. The molecule has 1 atom stereocenters. The Bertz CT molecular complexity index is 1440. The first kappa shape index (κ1) is 24.6. The molecule has 10 heteroatoms. The summed E-state index contributed by atoms with van der Waals surface area (Å²) in [7, 11) is 0. The Labute approximate surface area is 207 Å². The number of fused-ring (bicyclic) bond motifs is 2. The van der Waals surface area contributed by atoms with E-state index >= 15 is 0 Å². The first-order chi connectivity index (χ1) is 17.5. The van der Waals surface area contributed by atoms with E-state index in [0.29, 0.717) is 24.2 Å². The first-order valence-electron chi connectivity index (χ1n) is 11.3. The summed E-state index contributed by atoms with van der Waals surface area (Å²) in [6, 6.07) is 16.2. The number of anilines is 1. The number of nitrogens with one attached hydrogen (secondary N) is 1. The van der Waals surface area contributed by atoms with Crippen LogP contribution in [0.2, 0.25) is 0 Å². The number of hydrogen-bond donors (Lipinski definition) is 1. The number of hydrogen-bond acceptors (Lipinski definition) is 2. The lowest BCUT2D eigenvalue weighted by Gasteiger charge is -2.37. The van der Waals surface area contributed by atoms with Crippen LogP contribution in [0.1, 0.15) is 34.0 Å². The molecule has 0 radical (unpaired) electrons. The number of rotatable bonds is 2. The van der Waals surface area contributed by atoms with E-state index in [1.54, 1.807) is 12.3 Å². The van der Waals surface area contributed by atoms with Gasteiger partial charge in [-0.15, -0.1) is 0 Å². The number of carbonyl (C=O) groups is 1. The van der Waals surface area contributed by atoms with E-state index in [2.05, 4.69) is 10.3 Å². The molecule has 190 valence electrons. The lowest BCUT2D eigenvalue weighted by Crippen LogP contribution is -2.43. The maximum atomic E-state index is 13.4. The summed E-state index contributed by atoms with van der Waals surface area (Å²) in [4.78, 5) is 19.4. The quantitative estimate of drug-likeness (QED) is 0.282. The van der Waals surface area contributed by atoms with Crippen LogP contribution in [0.3, 0.4) is 0 Å². The predicted octanol–water partition coefficient (Wildman–Crippen LogP) is 7.45. The number of benzene rings is 3. The third kappa shape index (κ3) is 4.83. The summed E-state index contributed by atoms with van der Waals surface area (Å²) >= 11 is 0. The summed E-state index contributed by atoms with van der Waals surface area (Å²) in [5.74, 6) is 0. The second-order valence-corrected chi connectivity index (χ2v) is 8.69. The molecule has 2 heterocycles. The Balaban J connectivity index is 1.58. The van der Waals surface area contributed by atoms with E-state index < -0.39 is 41.2 Å². The molecule has 0 saturated heterocycles. The molecule has 4 nitrogen and oxygen atoms in total. The van der Waals surface area contributed by atoms with E-state index in [1.807, 2.05) is 48.5 Å². The summed E-state index contributed by atoms with van der Waals surface area (Å²) in [5, 5.41) is 3.93. The highest BCUT2D eigenvalue weighted by atomic mass is 19.4. The number of urea groups is 1. The van der Waals surface area contributed by atoms with Crippen molar-refractivity contribution < 1.29 is 31.1 Å². The highest BCUT2D eigenvalue weighted by molar-refractivity contribution is 5.92. The lowest BCUT2D eigenvalue weighted by atomic mass is 9.89. The fraction of sp³-hybridized carbons (Fsp3) is 0.185. The molecular formula is C27H19F6N3O. The van der Waals surface area contributed by atoms with Crippen LogP contribution < -0.4 is 5.32 Å². The van der Waals surface area contributed by atoms with Crippen LogP contribution in [-0.4, -0.2) is 22.5 Å². The number of carbonyl (C=O) groups excluding carboxylic acids is 1. The minimum Gasteiger partial charge on any atom is -0.311 e. The largest absolute Gasteiger partial charge is 0.416 e. The van der Waals surface area contributed by atoms with Crippen molar-refractivity contribution in [2.24, 2.45) is 0 Å². The Kier molecular flexibility index (Phi) is 6.05. The number of alkyl halides is 6. The summed E-state index contributed by atoms with van der Waals surface area (Å²) in [5.41, 5.74) is -1.30. The molecule has 1 aliphatic heterocycles. The fourth-order valence-electron chi connectivity index (χ4n) is 4.66. The van der Waals surface area contributed by atoms with E-state index in [-0.39, 0.29) is 12.6 Å². The smallest absolute Gasteiger partial charge is 0.311 e. The molecule has 0 spiro atoms. The standard InChI is InChI=1S/C27H19F6N3O/c28-26(29,30)18-13-19(27(31,32)33)15-20(14-18)35-25(37)36-12-10-17-6-2-4-8-22(17)24(36)23-21-7-3-1-5-16(21)9-11-34-23/h1-9,11,13-15,24H,10,12H2,(H,35,37). The van der Waals surface area contributed by atoms with Crippen molar-refractivity contribution in [1.29, 1.82) is 0 Å². The Hall–Kier alpha value is -4.08. The Morgan fingerprint density at radius 3 is 2.22 bits per heavy atom. The van der Waals surface area contributed by atoms with Gasteiger partial charge in [0, 0.05) is 23.8 Å². The first-order valence-corrected chi connectivity index (χ1v) is 11.3. The number of pyridine rings is 1. The predicted molar refractivity (Wildman–Crippen MR) is 126 cm³/mol. The summed E-state index contributed by atoms with van der Waals surface area (Å²) < 4.78 is 80.0. The van der Waals surface area contributed by atoms with Gasteiger partial charge in [0.1, 0.15) is 6.04 Å². The third-order valence-corrected chi connectivity index (χ3v) is 6.35. The number of halogens is 6. The maximum Gasteiger partial charge on any atom is 0.416 e. The van der Waals surface area contributed by atoms with Crippen molar-refractivity contribution in [2.75, 3.05) is 11.9 Å². The second-order valence-electron chi connectivity index (χ2n) is 8.69. The zero-order chi connectivity index (χ0) is 26.4. The summed E-state index contributed by atoms with van der Waals surface area (Å²) in [6.45, 7) is 0.184. The zero-order valence-electron chi connectivity index (χ0n) is 19.1. The van der Waals surface area contributed by atoms with Gasteiger partial charge in [0.15, 0.2) is 0 Å². The van der Waals surface area contributed by atoms with E-state index in [9.17, 15) is 31.1 Å². The van der Waals surface area contributed by atoms with Crippen molar-refractivity contribution >= 4 is 22.5 Å². The van der Waals surface area contributed by atoms with Gasteiger partial charge in [0.2, 0.25) is 0 Å². The number of amides is 2. The molecule has 0 saturated carbocycles. The average molecular weight is 515 g/mol. The topological polar surface area (TPSA) is 45.2 Å². The van der Waals surface area contributed by atoms with Crippen LogP contribution in [0.4, 0.5) is 36.8 Å². The van der Waals surface area contributed by atoms with Gasteiger partial charge in [-0.25, -0.2) is 4.79 Å². The van der Waals surface area contributed by atoms with Gasteiger partial charge in [0.05, 0.1) is 16.8 Å². The maximum absolute atomic E-state index is 13.4. The van der Waals surface area contributed by atoms with Crippen LogP contribution >= 0.6 is 0 Å².